The highest BCUT2D eigenvalue weighted by Crippen LogP contribution is 2.15. The molecule has 0 spiro atoms. The summed E-state index contributed by atoms with van der Waals surface area (Å²) in [5.74, 6) is 6.39. The molecule has 0 fully saturated rings. The van der Waals surface area contributed by atoms with E-state index in [9.17, 15) is 4.79 Å². The van der Waals surface area contributed by atoms with Gasteiger partial charge >= 0.3 is 0 Å². The zero-order chi connectivity index (χ0) is 10.4. The Morgan fingerprint density at radius 2 is 2.36 bits per heavy atom. The van der Waals surface area contributed by atoms with Gasteiger partial charge in [0.15, 0.2) is 6.29 Å². The van der Waals surface area contributed by atoms with Crippen LogP contribution in [0.2, 0.25) is 0 Å². The molecule has 3 heteroatoms. The third-order valence-electron chi connectivity index (χ3n) is 1.68. The zero-order valence-electron chi connectivity index (χ0n) is 7.71. The number of hydrogen-bond donors (Lipinski definition) is 0. The number of carbonyl (C=O) groups is 1. The fraction of sp³-hybridized carbons (Fsp3) is 0.182. The molecular weight excluding hydrogens is 200 g/mol. The van der Waals surface area contributed by atoms with Crippen LogP contribution >= 0.6 is 11.6 Å². The second-order valence-electron chi connectivity index (χ2n) is 2.51. The van der Waals surface area contributed by atoms with E-state index in [1.54, 1.807) is 25.3 Å². The first kappa shape index (κ1) is 10.6. The van der Waals surface area contributed by atoms with Crippen LogP contribution < -0.4 is 4.74 Å². The number of rotatable bonds is 2. The minimum Gasteiger partial charge on any atom is -0.497 e. The van der Waals surface area contributed by atoms with E-state index in [4.69, 9.17) is 16.3 Å². The van der Waals surface area contributed by atoms with E-state index in [0.29, 0.717) is 16.9 Å². The minimum absolute atomic E-state index is 0.254. The lowest BCUT2D eigenvalue weighted by atomic mass is 10.1. The van der Waals surface area contributed by atoms with Crippen molar-refractivity contribution < 1.29 is 9.53 Å². The van der Waals surface area contributed by atoms with Crippen molar-refractivity contribution in [3.05, 3.63) is 29.3 Å². The van der Waals surface area contributed by atoms with Gasteiger partial charge in [0, 0.05) is 11.1 Å². The molecule has 14 heavy (non-hydrogen) atoms. The van der Waals surface area contributed by atoms with E-state index in [-0.39, 0.29) is 5.88 Å². The van der Waals surface area contributed by atoms with E-state index < -0.39 is 0 Å². The van der Waals surface area contributed by atoms with Gasteiger partial charge in [-0.15, -0.1) is 11.6 Å². The fourth-order valence-corrected chi connectivity index (χ4v) is 1.07. The quantitative estimate of drug-likeness (QED) is 0.423. The number of ether oxygens (including phenoxy) is 1. The smallest absolute Gasteiger partial charge is 0.151 e. The van der Waals surface area contributed by atoms with Gasteiger partial charge in [0.2, 0.25) is 0 Å². The number of aldehydes is 1. The number of halogens is 1. The Balaban J connectivity index is 3.11. The molecule has 0 unspecified atom stereocenters. The van der Waals surface area contributed by atoms with Crippen molar-refractivity contribution in [1.82, 2.24) is 0 Å². The Labute approximate surface area is 87.8 Å². The number of hydrogen-bond acceptors (Lipinski definition) is 2. The topological polar surface area (TPSA) is 26.3 Å². The summed E-state index contributed by atoms with van der Waals surface area (Å²) >= 11 is 5.42. The van der Waals surface area contributed by atoms with Crippen LogP contribution in [0, 0.1) is 11.8 Å². The Bertz CT molecular complexity index is 388. The SMILES string of the molecule is COc1ccc(C#CCCl)c(C=O)c1. The van der Waals surface area contributed by atoms with Gasteiger partial charge in [-0.25, -0.2) is 0 Å². The van der Waals surface area contributed by atoms with Gasteiger partial charge in [0.1, 0.15) is 5.75 Å². The highest BCUT2D eigenvalue weighted by molar-refractivity contribution is 6.19. The summed E-state index contributed by atoms with van der Waals surface area (Å²) in [6.07, 6.45) is 0.751. The van der Waals surface area contributed by atoms with E-state index >= 15 is 0 Å². The number of carbonyl (C=O) groups excluding carboxylic acids is 1. The molecule has 0 saturated carbocycles. The zero-order valence-corrected chi connectivity index (χ0v) is 8.47. The molecule has 0 aliphatic rings. The molecule has 0 aliphatic carbocycles. The first-order valence-electron chi connectivity index (χ1n) is 4.00. The summed E-state index contributed by atoms with van der Waals surface area (Å²) in [7, 11) is 1.55. The number of methoxy groups -OCH3 is 1. The molecule has 72 valence electrons. The molecule has 0 amide bonds. The number of benzene rings is 1. The van der Waals surface area contributed by atoms with Crippen LogP contribution in [0.25, 0.3) is 0 Å². The summed E-state index contributed by atoms with van der Waals surface area (Å²) in [4.78, 5) is 10.7. The van der Waals surface area contributed by atoms with Gasteiger partial charge in [0.25, 0.3) is 0 Å². The summed E-state index contributed by atoms with van der Waals surface area (Å²) in [5.41, 5.74) is 1.18. The largest absolute Gasteiger partial charge is 0.497 e. The minimum atomic E-state index is 0.254. The van der Waals surface area contributed by atoms with Crippen LogP contribution in [0.1, 0.15) is 15.9 Å². The van der Waals surface area contributed by atoms with Gasteiger partial charge in [0.05, 0.1) is 13.0 Å². The van der Waals surface area contributed by atoms with E-state index in [1.165, 1.54) is 0 Å². The molecule has 1 rings (SSSR count). The van der Waals surface area contributed by atoms with E-state index in [1.807, 2.05) is 0 Å². The molecule has 0 aromatic heterocycles. The van der Waals surface area contributed by atoms with Gasteiger partial charge in [-0.1, -0.05) is 11.8 Å². The van der Waals surface area contributed by atoms with Crippen molar-refractivity contribution in [2.75, 3.05) is 13.0 Å². The average Bonchev–Trinajstić information content (AvgIpc) is 2.26. The maximum atomic E-state index is 10.7. The number of alkyl halides is 1. The van der Waals surface area contributed by atoms with E-state index in [2.05, 4.69) is 11.8 Å². The van der Waals surface area contributed by atoms with Gasteiger partial charge < -0.3 is 4.74 Å². The van der Waals surface area contributed by atoms with Crippen molar-refractivity contribution >= 4 is 17.9 Å². The van der Waals surface area contributed by atoms with Crippen LogP contribution in [0.15, 0.2) is 18.2 Å². The Kier molecular flexibility index (Phi) is 4.03. The standard InChI is InChI=1S/C11H9ClO2/c1-14-11-5-4-9(3-2-6-12)10(7-11)8-13/h4-5,7-8H,6H2,1H3. The van der Waals surface area contributed by atoms with Crippen molar-refractivity contribution in [3.8, 4) is 17.6 Å². The second-order valence-corrected chi connectivity index (χ2v) is 2.77. The highest BCUT2D eigenvalue weighted by atomic mass is 35.5. The van der Waals surface area contributed by atoms with Crippen LogP contribution in [0.5, 0.6) is 5.75 Å². The Morgan fingerprint density at radius 1 is 1.57 bits per heavy atom. The lowest BCUT2D eigenvalue weighted by Gasteiger charge is -2.01. The maximum absolute atomic E-state index is 10.7. The third-order valence-corrected chi connectivity index (χ3v) is 1.81. The van der Waals surface area contributed by atoms with E-state index in [0.717, 1.165) is 6.29 Å². The molecule has 0 atom stereocenters. The van der Waals surface area contributed by atoms with Crippen molar-refractivity contribution in [2.24, 2.45) is 0 Å². The summed E-state index contributed by atoms with van der Waals surface area (Å²) in [6.45, 7) is 0. The molecule has 0 bridgehead atoms. The van der Waals surface area contributed by atoms with Crippen LogP contribution in [0.4, 0.5) is 0 Å². The lowest BCUT2D eigenvalue weighted by molar-refractivity contribution is 0.112. The van der Waals surface area contributed by atoms with Crippen molar-refractivity contribution in [1.29, 1.82) is 0 Å². The van der Waals surface area contributed by atoms with Gasteiger partial charge in [-0.05, 0) is 18.2 Å². The molecule has 0 aliphatic heterocycles. The average molecular weight is 209 g/mol. The molecule has 1 aromatic carbocycles. The van der Waals surface area contributed by atoms with Crippen molar-refractivity contribution in [3.63, 3.8) is 0 Å². The van der Waals surface area contributed by atoms with Crippen LogP contribution in [0.3, 0.4) is 0 Å². The fourth-order valence-electron chi connectivity index (χ4n) is 1.01. The molecular formula is C11H9ClO2. The highest BCUT2D eigenvalue weighted by Gasteiger charge is 2.00. The van der Waals surface area contributed by atoms with Crippen molar-refractivity contribution in [2.45, 2.75) is 0 Å². The molecule has 0 saturated heterocycles. The monoisotopic (exact) mass is 208 g/mol. The summed E-state index contributed by atoms with van der Waals surface area (Å²) in [6, 6.07) is 5.14. The summed E-state index contributed by atoms with van der Waals surface area (Å²) < 4.78 is 4.98. The second kappa shape index (κ2) is 5.31. The molecule has 0 radical (unpaired) electrons. The van der Waals surface area contributed by atoms with Gasteiger partial charge in [-0.3, -0.25) is 4.79 Å². The normalized spacial score (nSPS) is 8.71. The maximum Gasteiger partial charge on any atom is 0.151 e. The van der Waals surface area contributed by atoms with Crippen LogP contribution in [-0.2, 0) is 0 Å². The predicted molar refractivity (Wildman–Crippen MR) is 56.0 cm³/mol. The third kappa shape index (κ3) is 2.51. The molecule has 0 heterocycles. The lowest BCUT2D eigenvalue weighted by Crippen LogP contribution is -1.90. The first-order valence-corrected chi connectivity index (χ1v) is 4.53. The molecule has 2 nitrogen and oxygen atoms in total. The van der Waals surface area contributed by atoms with Gasteiger partial charge in [-0.2, -0.15) is 0 Å². The molecule has 1 aromatic rings. The Hall–Kier alpha value is -1.46. The Morgan fingerprint density at radius 3 is 2.93 bits per heavy atom. The van der Waals surface area contributed by atoms with Crippen LogP contribution in [-0.4, -0.2) is 19.3 Å². The molecule has 0 N–H and O–H groups in total. The first-order chi connectivity index (χ1) is 6.81. The summed E-state index contributed by atoms with van der Waals surface area (Å²) in [5, 5.41) is 0. The predicted octanol–water partition coefficient (Wildman–Crippen LogP) is 2.10.